The summed E-state index contributed by atoms with van der Waals surface area (Å²) >= 11 is 0. The van der Waals surface area contributed by atoms with Gasteiger partial charge in [-0.1, -0.05) is 0 Å². The van der Waals surface area contributed by atoms with Gasteiger partial charge in [0.2, 0.25) is 0 Å². The molecule has 0 amide bonds. The molecule has 0 aromatic carbocycles. The van der Waals surface area contributed by atoms with E-state index in [1.807, 2.05) is 0 Å². The predicted molar refractivity (Wildman–Crippen MR) is 43.7 cm³/mol. The summed E-state index contributed by atoms with van der Waals surface area (Å²) < 4.78 is 20.9. The Hall–Kier alpha value is -0.155. The molecule has 0 unspecified atom stereocenters. The first-order valence-corrected chi connectivity index (χ1v) is 4.28. The Bertz CT molecular complexity index is 115. The molecule has 0 saturated carbocycles. The van der Waals surface area contributed by atoms with Crippen molar-refractivity contribution in [3.63, 3.8) is 0 Å². The molecule has 72 valence electrons. The average molecular weight is 179 g/mol. The lowest BCUT2D eigenvalue weighted by molar-refractivity contribution is -0.895. The third-order valence-corrected chi connectivity index (χ3v) is 2.41. The number of likely N-dealkylation sites (tertiary alicyclic amines) is 1. The summed E-state index contributed by atoms with van der Waals surface area (Å²) in [5, 5.41) is 8.19. The molecule has 0 atom stereocenters. The van der Waals surface area contributed by atoms with Crippen molar-refractivity contribution in [1.29, 1.82) is 0 Å². The van der Waals surface area contributed by atoms with Crippen molar-refractivity contribution in [1.82, 2.24) is 0 Å². The second-order valence-electron chi connectivity index (χ2n) is 3.35. The van der Waals surface area contributed by atoms with E-state index >= 15 is 0 Å². The standard InChI is InChI=1S/C7H16N.BF2O/c1-3-8(2)6-4-5-7-8;2-1(3)4/h3-7H2,1-2H3;/q+1;-1. The summed E-state index contributed by atoms with van der Waals surface area (Å²) in [7, 11) is -1.06. The van der Waals surface area contributed by atoms with Crippen molar-refractivity contribution in [2.24, 2.45) is 0 Å². The first-order chi connectivity index (χ1) is 5.50. The van der Waals surface area contributed by atoms with E-state index in [0.717, 1.165) is 0 Å². The smallest absolute Gasteiger partial charge is 0.447 e. The van der Waals surface area contributed by atoms with Crippen LogP contribution in [-0.4, -0.2) is 38.6 Å². The van der Waals surface area contributed by atoms with Gasteiger partial charge < -0.3 is 18.1 Å². The van der Waals surface area contributed by atoms with Crippen LogP contribution in [-0.2, 0) is 0 Å². The van der Waals surface area contributed by atoms with Crippen molar-refractivity contribution >= 4 is 7.47 Å². The second-order valence-corrected chi connectivity index (χ2v) is 3.35. The maximum absolute atomic E-state index is 9.78. The number of halogens is 2. The molecule has 1 aliphatic heterocycles. The van der Waals surface area contributed by atoms with E-state index in [-0.39, 0.29) is 0 Å². The van der Waals surface area contributed by atoms with Crippen LogP contribution in [0.4, 0.5) is 8.63 Å². The molecule has 0 radical (unpaired) electrons. The normalized spacial score (nSPS) is 19.8. The van der Waals surface area contributed by atoms with Gasteiger partial charge in [-0.2, -0.15) is 0 Å². The number of hydrogen-bond donors (Lipinski definition) is 0. The minimum atomic E-state index is -3.42. The molecule has 2 nitrogen and oxygen atoms in total. The molecule has 0 N–H and O–H groups in total. The van der Waals surface area contributed by atoms with Crippen molar-refractivity contribution in [3.8, 4) is 0 Å². The highest BCUT2D eigenvalue weighted by Crippen LogP contribution is 2.14. The zero-order valence-electron chi connectivity index (χ0n) is 7.72. The van der Waals surface area contributed by atoms with Crippen LogP contribution in [0.15, 0.2) is 0 Å². The Labute approximate surface area is 73.0 Å². The lowest BCUT2D eigenvalue weighted by Crippen LogP contribution is -2.40. The van der Waals surface area contributed by atoms with Gasteiger partial charge in [0, 0.05) is 12.8 Å². The predicted octanol–water partition coefficient (Wildman–Crippen LogP) is 0.517. The second kappa shape index (κ2) is 5.48. The summed E-state index contributed by atoms with van der Waals surface area (Å²) in [5.74, 6) is 0. The monoisotopic (exact) mass is 179 g/mol. The van der Waals surface area contributed by atoms with Crippen LogP contribution in [0.1, 0.15) is 19.8 Å². The molecule has 5 heteroatoms. The molecule has 0 aliphatic carbocycles. The molecule has 1 saturated heterocycles. The van der Waals surface area contributed by atoms with Crippen LogP contribution in [0.3, 0.4) is 0 Å². The fourth-order valence-corrected chi connectivity index (χ4v) is 1.42. The van der Waals surface area contributed by atoms with Gasteiger partial charge in [-0.05, 0) is 6.92 Å². The number of nitrogens with zero attached hydrogens (tertiary/aromatic N) is 1. The molecule has 0 aromatic heterocycles. The van der Waals surface area contributed by atoms with Gasteiger partial charge in [-0.25, -0.2) is 0 Å². The Kier molecular flexibility index (Phi) is 5.41. The van der Waals surface area contributed by atoms with Crippen molar-refractivity contribution in [2.75, 3.05) is 26.7 Å². The lowest BCUT2D eigenvalue weighted by atomic mass is 10.4. The topological polar surface area (TPSA) is 23.1 Å². The maximum Gasteiger partial charge on any atom is 0.447 e. The Morgan fingerprint density at radius 1 is 1.33 bits per heavy atom. The summed E-state index contributed by atoms with van der Waals surface area (Å²) in [6, 6.07) is 0. The van der Waals surface area contributed by atoms with E-state index in [0.29, 0.717) is 0 Å². The quantitative estimate of drug-likeness (QED) is 0.425. The molecule has 1 fully saturated rings. The number of quaternary nitrogens is 1. The van der Waals surface area contributed by atoms with E-state index in [4.69, 9.17) is 5.02 Å². The highest BCUT2D eigenvalue weighted by Gasteiger charge is 2.23. The third-order valence-electron chi connectivity index (χ3n) is 2.41. The molecule has 1 rings (SSSR count). The van der Waals surface area contributed by atoms with Gasteiger partial charge in [0.25, 0.3) is 0 Å². The van der Waals surface area contributed by atoms with E-state index in [1.165, 1.54) is 37.0 Å². The van der Waals surface area contributed by atoms with Crippen molar-refractivity contribution in [3.05, 3.63) is 0 Å². The first-order valence-electron chi connectivity index (χ1n) is 4.28. The van der Waals surface area contributed by atoms with Crippen LogP contribution in [0.25, 0.3) is 0 Å². The fourth-order valence-electron chi connectivity index (χ4n) is 1.42. The summed E-state index contributed by atoms with van der Waals surface area (Å²) in [6.07, 6.45) is 2.90. The molecule has 0 aromatic rings. The van der Waals surface area contributed by atoms with Crippen LogP contribution in [0.5, 0.6) is 0 Å². The van der Waals surface area contributed by atoms with Gasteiger partial charge in [-0.15, -0.1) is 0 Å². The Morgan fingerprint density at radius 3 is 1.83 bits per heavy atom. The Morgan fingerprint density at radius 2 is 1.67 bits per heavy atom. The van der Waals surface area contributed by atoms with E-state index < -0.39 is 7.47 Å². The van der Waals surface area contributed by atoms with Crippen molar-refractivity contribution < 1.29 is 18.1 Å². The highest BCUT2D eigenvalue weighted by molar-refractivity contribution is 6.30. The Balaban J connectivity index is 0.000000261. The largest absolute Gasteiger partial charge is 0.824 e. The summed E-state index contributed by atoms with van der Waals surface area (Å²) in [5.41, 5.74) is 0. The highest BCUT2D eigenvalue weighted by atomic mass is 19.2. The van der Waals surface area contributed by atoms with E-state index in [2.05, 4.69) is 14.0 Å². The maximum atomic E-state index is 9.78. The van der Waals surface area contributed by atoms with Crippen LogP contribution >= 0.6 is 0 Å². The van der Waals surface area contributed by atoms with E-state index in [1.54, 1.807) is 0 Å². The van der Waals surface area contributed by atoms with Crippen LogP contribution < -0.4 is 5.02 Å². The van der Waals surface area contributed by atoms with Gasteiger partial charge in [0.15, 0.2) is 0 Å². The minimum Gasteiger partial charge on any atom is -0.824 e. The lowest BCUT2D eigenvalue weighted by Gasteiger charge is -2.26. The minimum absolute atomic E-state index is 1.32. The molecule has 12 heavy (non-hydrogen) atoms. The molecule has 0 spiro atoms. The van der Waals surface area contributed by atoms with Gasteiger partial charge in [0.1, 0.15) is 0 Å². The third kappa shape index (κ3) is 5.49. The van der Waals surface area contributed by atoms with Crippen molar-refractivity contribution in [2.45, 2.75) is 19.8 Å². The molecular formula is C7H16BF2NO. The SMILES string of the molecule is CC[N+]1(C)CCCC1.[O-]B(F)F. The average Bonchev–Trinajstić information content (AvgIpc) is 2.36. The number of hydrogen-bond acceptors (Lipinski definition) is 1. The molecule has 1 aliphatic rings. The van der Waals surface area contributed by atoms with Gasteiger partial charge >= 0.3 is 7.47 Å². The van der Waals surface area contributed by atoms with Crippen LogP contribution in [0.2, 0.25) is 0 Å². The van der Waals surface area contributed by atoms with Crippen LogP contribution in [0, 0.1) is 0 Å². The van der Waals surface area contributed by atoms with Gasteiger partial charge in [0.05, 0.1) is 26.7 Å². The zero-order valence-corrected chi connectivity index (χ0v) is 7.72. The molecule has 0 bridgehead atoms. The fraction of sp³-hybridized carbons (Fsp3) is 1.00. The molecule has 1 heterocycles. The first kappa shape index (κ1) is 11.8. The van der Waals surface area contributed by atoms with Gasteiger partial charge in [-0.3, -0.25) is 0 Å². The van der Waals surface area contributed by atoms with E-state index in [9.17, 15) is 8.63 Å². The summed E-state index contributed by atoms with van der Waals surface area (Å²) in [4.78, 5) is 0. The zero-order chi connectivity index (χ0) is 9.61. The molecular weight excluding hydrogens is 163 g/mol. The summed E-state index contributed by atoms with van der Waals surface area (Å²) in [6.45, 7) is 6.43. The number of rotatable bonds is 1.